The van der Waals surface area contributed by atoms with E-state index in [0.717, 1.165) is 18.5 Å². The lowest BCUT2D eigenvalue weighted by molar-refractivity contribution is 0.00133. The molecule has 20 heavy (non-hydrogen) atoms. The van der Waals surface area contributed by atoms with Crippen LogP contribution in [0, 0.1) is 17.7 Å². The molecular formula is C17H27FN2. The van der Waals surface area contributed by atoms with Gasteiger partial charge >= 0.3 is 0 Å². The second kappa shape index (κ2) is 6.23. The van der Waals surface area contributed by atoms with Crippen LogP contribution in [0.1, 0.15) is 38.7 Å². The second-order valence-electron chi connectivity index (χ2n) is 6.45. The van der Waals surface area contributed by atoms with Crippen molar-refractivity contribution in [1.82, 2.24) is 4.90 Å². The number of hydrogen-bond donors (Lipinski definition) is 1. The number of nitrogens with zero attached hydrogens (tertiary/aromatic N) is 1. The molecule has 1 aliphatic rings. The molecule has 0 bridgehead atoms. The molecule has 1 aromatic rings. The van der Waals surface area contributed by atoms with Gasteiger partial charge in [-0.3, -0.25) is 4.90 Å². The SMILES string of the molecule is CC1CCCC(CN)(N(C)Cc2cccc(F)c2)C1C. The van der Waals surface area contributed by atoms with Crippen LogP contribution in [0.5, 0.6) is 0 Å². The normalized spacial score (nSPS) is 30.7. The van der Waals surface area contributed by atoms with Gasteiger partial charge in [-0.2, -0.15) is 0 Å². The molecule has 2 rings (SSSR count). The number of benzene rings is 1. The van der Waals surface area contributed by atoms with Gasteiger partial charge < -0.3 is 5.73 Å². The summed E-state index contributed by atoms with van der Waals surface area (Å²) < 4.78 is 13.3. The number of hydrogen-bond acceptors (Lipinski definition) is 2. The third kappa shape index (κ3) is 2.89. The summed E-state index contributed by atoms with van der Waals surface area (Å²) >= 11 is 0. The van der Waals surface area contributed by atoms with E-state index in [4.69, 9.17) is 5.73 Å². The Morgan fingerprint density at radius 3 is 2.80 bits per heavy atom. The van der Waals surface area contributed by atoms with Crippen LogP contribution >= 0.6 is 0 Å². The Morgan fingerprint density at radius 1 is 1.40 bits per heavy atom. The summed E-state index contributed by atoms with van der Waals surface area (Å²) in [6, 6.07) is 6.88. The van der Waals surface area contributed by atoms with Crippen molar-refractivity contribution < 1.29 is 4.39 Å². The highest BCUT2D eigenvalue weighted by atomic mass is 19.1. The van der Waals surface area contributed by atoms with Gasteiger partial charge in [-0.05, 0) is 43.0 Å². The summed E-state index contributed by atoms with van der Waals surface area (Å²) in [6.45, 7) is 6.07. The minimum absolute atomic E-state index is 0.0456. The van der Waals surface area contributed by atoms with Gasteiger partial charge in [0.1, 0.15) is 5.82 Å². The Labute approximate surface area is 122 Å². The molecule has 2 N–H and O–H groups in total. The van der Waals surface area contributed by atoms with Gasteiger partial charge in [-0.15, -0.1) is 0 Å². The van der Waals surface area contributed by atoms with Crippen molar-refractivity contribution in [2.24, 2.45) is 17.6 Å². The quantitative estimate of drug-likeness (QED) is 0.914. The van der Waals surface area contributed by atoms with Gasteiger partial charge in [0.25, 0.3) is 0 Å². The first-order valence-electron chi connectivity index (χ1n) is 7.65. The summed E-state index contributed by atoms with van der Waals surface area (Å²) in [5.41, 5.74) is 7.22. The zero-order valence-electron chi connectivity index (χ0n) is 12.9. The highest BCUT2D eigenvalue weighted by Crippen LogP contribution is 2.41. The van der Waals surface area contributed by atoms with E-state index in [0.29, 0.717) is 18.4 Å². The Bertz CT molecular complexity index is 448. The van der Waals surface area contributed by atoms with Gasteiger partial charge in [-0.25, -0.2) is 4.39 Å². The zero-order valence-corrected chi connectivity index (χ0v) is 12.9. The predicted molar refractivity (Wildman–Crippen MR) is 81.8 cm³/mol. The van der Waals surface area contributed by atoms with Crippen LogP contribution in [0.25, 0.3) is 0 Å². The monoisotopic (exact) mass is 278 g/mol. The smallest absolute Gasteiger partial charge is 0.123 e. The molecule has 3 atom stereocenters. The largest absolute Gasteiger partial charge is 0.329 e. The fourth-order valence-electron chi connectivity index (χ4n) is 3.79. The molecule has 0 saturated heterocycles. The second-order valence-corrected chi connectivity index (χ2v) is 6.45. The van der Waals surface area contributed by atoms with Gasteiger partial charge in [0.2, 0.25) is 0 Å². The van der Waals surface area contributed by atoms with Gasteiger partial charge in [0.15, 0.2) is 0 Å². The Kier molecular flexibility index (Phi) is 4.82. The van der Waals surface area contributed by atoms with Crippen molar-refractivity contribution in [3.8, 4) is 0 Å². The van der Waals surface area contributed by atoms with E-state index in [-0.39, 0.29) is 11.4 Å². The van der Waals surface area contributed by atoms with Crippen molar-refractivity contribution in [1.29, 1.82) is 0 Å². The number of halogens is 1. The number of nitrogens with two attached hydrogens (primary N) is 1. The maximum absolute atomic E-state index is 13.3. The van der Waals surface area contributed by atoms with Crippen molar-refractivity contribution >= 4 is 0 Å². The first-order chi connectivity index (χ1) is 9.49. The highest BCUT2D eigenvalue weighted by molar-refractivity contribution is 5.17. The molecule has 112 valence electrons. The van der Waals surface area contributed by atoms with Crippen LogP contribution in [-0.4, -0.2) is 24.0 Å². The Hall–Kier alpha value is -0.930. The lowest BCUT2D eigenvalue weighted by Gasteiger charge is -2.51. The van der Waals surface area contributed by atoms with Crippen molar-refractivity contribution in [3.05, 3.63) is 35.6 Å². The molecule has 3 heteroatoms. The average molecular weight is 278 g/mol. The van der Waals surface area contributed by atoms with Crippen LogP contribution in [0.4, 0.5) is 4.39 Å². The van der Waals surface area contributed by atoms with Crippen molar-refractivity contribution in [3.63, 3.8) is 0 Å². The summed E-state index contributed by atoms with van der Waals surface area (Å²) in [7, 11) is 2.13. The molecular weight excluding hydrogens is 251 g/mol. The highest BCUT2D eigenvalue weighted by Gasteiger charge is 2.43. The van der Waals surface area contributed by atoms with E-state index < -0.39 is 0 Å². The van der Waals surface area contributed by atoms with Crippen molar-refractivity contribution in [2.75, 3.05) is 13.6 Å². The molecule has 0 aliphatic heterocycles. The summed E-state index contributed by atoms with van der Waals surface area (Å²) in [4.78, 5) is 2.35. The molecule has 3 unspecified atom stereocenters. The zero-order chi connectivity index (χ0) is 14.8. The van der Waals surface area contributed by atoms with Crippen LogP contribution in [0.2, 0.25) is 0 Å². The molecule has 0 radical (unpaired) electrons. The summed E-state index contributed by atoms with van der Waals surface area (Å²) in [6.07, 6.45) is 3.66. The molecule has 1 fully saturated rings. The van der Waals surface area contributed by atoms with E-state index in [2.05, 4.69) is 25.8 Å². The number of likely N-dealkylation sites (N-methyl/N-ethyl adjacent to an activating group) is 1. The van der Waals surface area contributed by atoms with Gasteiger partial charge in [0.05, 0.1) is 0 Å². The molecule has 0 spiro atoms. The van der Waals surface area contributed by atoms with E-state index in [9.17, 15) is 4.39 Å². The Balaban J connectivity index is 2.18. The predicted octanol–water partition coefficient (Wildman–Crippen LogP) is 3.41. The molecule has 1 saturated carbocycles. The minimum atomic E-state index is -0.164. The third-order valence-electron chi connectivity index (χ3n) is 5.39. The molecule has 0 aromatic heterocycles. The van der Waals surface area contributed by atoms with Gasteiger partial charge in [0, 0.05) is 18.6 Å². The standard InChI is InChI=1S/C17H27FN2/c1-13-6-5-9-17(12-19,14(13)2)20(3)11-15-7-4-8-16(18)10-15/h4,7-8,10,13-14H,5-6,9,11-12,19H2,1-3H3. The molecule has 0 amide bonds. The molecule has 1 aromatic carbocycles. The minimum Gasteiger partial charge on any atom is -0.329 e. The topological polar surface area (TPSA) is 29.3 Å². The number of rotatable bonds is 4. The fraction of sp³-hybridized carbons (Fsp3) is 0.647. The lowest BCUT2D eigenvalue weighted by atomic mass is 9.67. The Morgan fingerprint density at radius 2 is 2.15 bits per heavy atom. The van der Waals surface area contributed by atoms with Crippen LogP contribution in [-0.2, 0) is 6.54 Å². The van der Waals surface area contributed by atoms with Crippen LogP contribution in [0.15, 0.2) is 24.3 Å². The van der Waals surface area contributed by atoms with E-state index in [1.807, 2.05) is 6.07 Å². The maximum atomic E-state index is 13.3. The first-order valence-corrected chi connectivity index (χ1v) is 7.65. The van der Waals surface area contributed by atoms with E-state index >= 15 is 0 Å². The third-order valence-corrected chi connectivity index (χ3v) is 5.39. The summed E-state index contributed by atoms with van der Waals surface area (Å²) in [5.74, 6) is 1.10. The summed E-state index contributed by atoms with van der Waals surface area (Å²) in [5, 5.41) is 0. The van der Waals surface area contributed by atoms with E-state index in [1.165, 1.54) is 18.9 Å². The lowest BCUT2D eigenvalue weighted by Crippen LogP contribution is -2.59. The maximum Gasteiger partial charge on any atom is 0.123 e. The van der Waals surface area contributed by atoms with E-state index in [1.54, 1.807) is 12.1 Å². The first kappa shape index (κ1) is 15.5. The van der Waals surface area contributed by atoms with Crippen LogP contribution in [0.3, 0.4) is 0 Å². The van der Waals surface area contributed by atoms with Crippen LogP contribution < -0.4 is 5.73 Å². The fourth-order valence-corrected chi connectivity index (χ4v) is 3.79. The molecule has 1 aliphatic carbocycles. The molecule has 0 heterocycles. The molecule has 2 nitrogen and oxygen atoms in total. The van der Waals surface area contributed by atoms with Gasteiger partial charge in [-0.1, -0.05) is 38.8 Å². The average Bonchev–Trinajstić information content (AvgIpc) is 2.42. The van der Waals surface area contributed by atoms with Crippen molar-refractivity contribution in [2.45, 2.75) is 45.2 Å².